The summed E-state index contributed by atoms with van der Waals surface area (Å²) < 4.78 is 1.71. The minimum absolute atomic E-state index is 0.00476. The molecule has 3 aromatic heterocycles. The molecule has 0 saturated heterocycles. The maximum atomic E-state index is 9.34. The number of aliphatic hydroxyl groups excluding tert-OH is 1. The lowest BCUT2D eigenvalue weighted by atomic mass is 10.2. The Kier molecular flexibility index (Phi) is 3.53. The molecule has 0 radical (unpaired) electrons. The molecule has 0 aliphatic carbocycles. The average Bonchev–Trinajstić information content (AvgIpc) is 3.15. The molecular weight excluding hydrogens is 266 g/mol. The van der Waals surface area contributed by atoms with Gasteiger partial charge in [-0.2, -0.15) is 10.2 Å². The number of H-pyrrole nitrogens is 1. The molecule has 6 nitrogen and oxygen atoms in total. The number of aliphatic hydroxyl groups is 1. The second kappa shape index (κ2) is 5.49. The van der Waals surface area contributed by atoms with Crippen molar-refractivity contribution in [2.24, 2.45) is 0 Å². The number of rotatable bonds is 4. The number of nitrogens with one attached hydrogen (secondary N) is 1. The Balaban J connectivity index is 1.99. The van der Waals surface area contributed by atoms with E-state index in [9.17, 15) is 5.11 Å². The summed E-state index contributed by atoms with van der Waals surface area (Å²) in [5, 5.41) is 20.8. The summed E-state index contributed by atoms with van der Waals surface area (Å²) in [7, 11) is 0. The van der Waals surface area contributed by atoms with Crippen molar-refractivity contribution in [3.05, 3.63) is 47.5 Å². The van der Waals surface area contributed by atoms with Crippen LogP contribution in [0.1, 0.15) is 23.9 Å². The first-order chi connectivity index (χ1) is 10.2. The molecule has 3 heterocycles. The molecule has 0 amide bonds. The lowest BCUT2D eigenvalue weighted by Gasteiger charge is -2.06. The zero-order chi connectivity index (χ0) is 14.8. The number of aromatic nitrogens is 5. The molecule has 0 atom stereocenters. The number of pyridine rings is 1. The third-order valence-corrected chi connectivity index (χ3v) is 3.29. The van der Waals surface area contributed by atoms with Crippen LogP contribution >= 0.6 is 0 Å². The number of aromatic amines is 1. The molecule has 3 aromatic rings. The van der Waals surface area contributed by atoms with Crippen molar-refractivity contribution in [2.45, 2.75) is 26.9 Å². The summed E-state index contributed by atoms with van der Waals surface area (Å²) in [6.07, 6.45) is 4.46. The minimum atomic E-state index is -0.00476. The van der Waals surface area contributed by atoms with Crippen molar-refractivity contribution >= 4 is 0 Å². The van der Waals surface area contributed by atoms with Gasteiger partial charge in [-0.3, -0.25) is 5.10 Å². The Labute approximate surface area is 122 Å². The highest BCUT2D eigenvalue weighted by Crippen LogP contribution is 2.19. The van der Waals surface area contributed by atoms with Crippen molar-refractivity contribution in [2.75, 3.05) is 0 Å². The Morgan fingerprint density at radius 1 is 1.29 bits per heavy atom. The smallest absolute Gasteiger partial charge is 0.153 e. The SMILES string of the molecule is CCc1cc(CO)cc(-n2cc(-c3cc(C)[nH]n3)cn2)n1. The number of hydrogen-bond donors (Lipinski definition) is 2. The van der Waals surface area contributed by atoms with E-state index in [4.69, 9.17) is 0 Å². The molecule has 0 aliphatic heterocycles. The fraction of sp³-hybridized carbons (Fsp3) is 0.267. The van der Waals surface area contributed by atoms with Gasteiger partial charge in [0.15, 0.2) is 5.82 Å². The highest BCUT2D eigenvalue weighted by atomic mass is 16.3. The van der Waals surface area contributed by atoms with Crippen molar-refractivity contribution in [1.29, 1.82) is 0 Å². The van der Waals surface area contributed by atoms with E-state index < -0.39 is 0 Å². The van der Waals surface area contributed by atoms with E-state index in [1.807, 2.05) is 38.2 Å². The van der Waals surface area contributed by atoms with Crippen molar-refractivity contribution in [1.82, 2.24) is 25.0 Å². The van der Waals surface area contributed by atoms with Crippen LogP contribution in [0.15, 0.2) is 30.6 Å². The molecule has 0 aromatic carbocycles. The van der Waals surface area contributed by atoms with Crippen LogP contribution < -0.4 is 0 Å². The third kappa shape index (κ3) is 2.71. The largest absolute Gasteiger partial charge is 0.392 e. The molecule has 0 unspecified atom stereocenters. The topological polar surface area (TPSA) is 79.6 Å². The van der Waals surface area contributed by atoms with Gasteiger partial charge in [0.05, 0.1) is 18.5 Å². The fourth-order valence-electron chi connectivity index (χ4n) is 2.17. The van der Waals surface area contributed by atoms with Crippen molar-refractivity contribution in [3.8, 4) is 17.1 Å². The van der Waals surface area contributed by atoms with Gasteiger partial charge in [-0.05, 0) is 37.1 Å². The minimum Gasteiger partial charge on any atom is -0.392 e. The van der Waals surface area contributed by atoms with Gasteiger partial charge < -0.3 is 5.11 Å². The molecule has 0 aliphatic rings. The van der Waals surface area contributed by atoms with Gasteiger partial charge in [0.25, 0.3) is 0 Å². The van der Waals surface area contributed by atoms with Crippen molar-refractivity contribution in [3.63, 3.8) is 0 Å². The van der Waals surface area contributed by atoms with Gasteiger partial charge in [-0.15, -0.1) is 0 Å². The van der Waals surface area contributed by atoms with Crippen LogP contribution in [-0.4, -0.2) is 30.1 Å². The first kappa shape index (κ1) is 13.5. The quantitative estimate of drug-likeness (QED) is 0.767. The van der Waals surface area contributed by atoms with Gasteiger partial charge in [0.1, 0.15) is 0 Å². The van der Waals surface area contributed by atoms with E-state index in [-0.39, 0.29) is 6.61 Å². The Hall–Kier alpha value is -2.47. The molecule has 6 heteroatoms. The van der Waals surface area contributed by atoms with E-state index in [1.54, 1.807) is 10.9 Å². The first-order valence-electron chi connectivity index (χ1n) is 6.87. The second-order valence-electron chi connectivity index (χ2n) is 4.95. The van der Waals surface area contributed by atoms with Crippen LogP contribution in [0.2, 0.25) is 0 Å². The molecule has 0 spiro atoms. The molecule has 2 N–H and O–H groups in total. The van der Waals surface area contributed by atoms with E-state index in [2.05, 4.69) is 20.3 Å². The molecule has 0 saturated carbocycles. The summed E-state index contributed by atoms with van der Waals surface area (Å²) in [5.74, 6) is 0.705. The van der Waals surface area contributed by atoms with Gasteiger partial charge in [-0.1, -0.05) is 6.92 Å². The van der Waals surface area contributed by atoms with E-state index in [1.165, 1.54) is 0 Å². The van der Waals surface area contributed by atoms with Crippen LogP contribution in [0, 0.1) is 6.92 Å². The van der Waals surface area contributed by atoms with Crippen LogP contribution in [0.3, 0.4) is 0 Å². The summed E-state index contributed by atoms with van der Waals surface area (Å²) in [5.41, 5.74) is 4.56. The fourth-order valence-corrected chi connectivity index (χ4v) is 2.17. The monoisotopic (exact) mass is 283 g/mol. The second-order valence-corrected chi connectivity index (χ2v) is 4.95. The molecule has 108 valence electrons. The molecule has 21 heavy (non-hydrogen) atoms. The van der Waals surface area contributed by atoms with Crippen LogP contribution in [-0.2, 0) is 13.0 Å². The van der Waals surface area contributed by atoms with E-state index in [0.717, 1.165) is 34.6 Å². The summed E-state index contributed by atoms with van der Waals surface area (Å²) in [6.45, 7) is 3.99. The predicted molar refractivity (Wildman–Crippen MR) is 79.0 cm³/mol. The van der Waals surface area contributed by atoms with E-state index >= 15 is 0 Å². The molecule has 0 bridgehead atoms. The van der Waals surface area contributed by atoms with Gasteiger partial charge >= 0.3 is 0 Å². The third-order valence-electron chi connectivity index (χ3n) is 3.29. The van der Waals surface area contributed by atoms with Gasteiger partial charge in [0, 0.05) is 23.1 Å². The summed E-state index contributed by atoms with van der Waals surface area (Å²) in [6, 6.07) is 5.72. The predicted octanol–water partition coefficient (Wildman–Crippen LogP) is 2.02. The normalized spacial score (nSPS) is 11.0. The van der Waals surface area contributed by atoms with Crippen LogP contribution in [0.25, 0.3) is 17.1 Å². The Bertz CT molecular complexity index is 737. The molecule has 0 fully saturated rings. The summed E-state index contributed by atoms with van der Waals surface area (Å²) >= 11 is 0. The Morgan fingerprint density at radius 3 is 2.81 bits per heavy atom. The highest BCUT2D eigenvalue weighted by Gasteiger charge is 2.08. The zero-order valence-electron chi connectivity index (χ0n) is 12.0. The van der Waals surface area contributed by atoms with Crippen molar-refractivity contribution < 1.29 is 5.11 Å². The number of aryl methyl sites for hydroxylation is 2. The lowest BCUT2D eigenvalue weighted by Crippen LogP contribution is -2.02. The van der Waals surface area contributed by atoms with Gasteiger partial charge in [0.2, 0.25) is 0 Å². The Morgan fingerprint density at radius 2 is 2.14 bits per heavy atom. The zero-order valence-corrected chi connectivity index (χ0v) is 12.0. The highest BCUT2D eigenvalue weighted by molar-refractivity contribution is 5.57. The number of nitrogens with zero attached hydrogens (tertiary/aromatic N) is 4. The molecule has 3 rings (SSSR count). The maximum absolute atomic E-state index is 9.34. The van der Waals surface area contributed by atoms with Crippen LogP contribution in [0.5, 0.6) is 0 Å². The number of hydrogen-bond acceptors (Lipinski definition) is 4. The van der Waals surface area contributed by atoms with Crippen LogP contribution in [0.4, 0.5) is 0 Å². The first-order valence-corrected chi connectivity index (χ1v) is 6.87. The molecular formula is C15H17N5O. The van der Waals surface area contributed by atoms with E-state index in [0.29, 0.717) is 5.82 Å². The van der Waals surface area contributed by atoms with Gasteiger partial charge in [-0.25, -0.2) is 9.67 Å². The average molecular weight is 283 g/mol. The standard InChI is InChI=1S/C15H17N5O/c1-3-13-5-11(9-21)6-15(17-13)20-8-12(7-16-20)14-4-10(2)18-19-14/h4-8,21H,3,9H2,1-2H3,(H,18,19). The lowest BCUT2D eigenvalue weighted by molar-refractivity contribution is 0.281. The summed E-state index contributed by atoms with van der Waals surface area (Å²) in [4.78, 5) is 4.54. The maximum Gasteiger partial charge on any atom is 0.153 e.